The summed E-state index contributed by atoms with van der Waals surface area (Å²) in [7, 11) is 0. The van der Waals surface area contributed by atoms with Gasteiger partial charge in [-0.1, -0.05) is 96.3 Å². The van der Waals surface area contributed by atoms with Crippen molar-refractivity contribution in [2.75, 3.05) is 0 Å². The molecule has 0 aromatic rings. The fourth-order valence-electron chi connectivity index (χ4n) is 4.00. The van der Waals surface area contributed by atoms with Gasteiger partial charge in [-0.2, -0.15) is 0 Å². The van der Waals surface area contributed by atoms with E-state index in [1.807, 2.05) is 0 Å². The number of hydrogen-bond acceptors (Lipinski definition) is 5. The monoisotopic (exact) mass is 453 g/mol. The van der Waals surface area contributed by atoms with Gasteiger partial charge in [-0.25, -0.2) is 4.79 Å². The Morgan fingerprint density at radius 2 is 0.906 bits per heavy atom. The topological polar surface area (TPSA) is 101 Å². The number of carboxylic acids is 1. The van der Waals surface area contributed by atoms with Gasteiger partial charge < -0.3 is 9.94 Å². The van der Waals surface area contributed by atoms with Crippen LogP contribution in [-0.4, -0.2) is 33.9 Å². The number of aliphatic carboxylic acids is 1. The van der Waals surface area contributed by atoms with E-state index in [0.29, 0.717) is 11.5 Å². The summed E-state index contributed by atoms with van der Waals surface area (Å²) in [5, 5.41) is 9.20. The van der Waals surface area contributed by atoms with Gasteiger partial charge in [-0.15, -0.1) is 5.06 Å². The summed E-state index contributed by atoms with van der Waals surface area (Å²) in [6, 6.07) is 0. The number of hydrogen-bond donors (Lipinski definition) is 1. The lowest BCUT2D eigenvalue weighted by atomic mass is 10.0. The zero-order valence-corrected chi connectivity index (χ0v) is 19.8. The molecule has 1 rings (SSSR count). The molecule has 0 saturated carbocycles. The van der Waals surface area contributed by atoms with Crippen molar-refractivity contribution < 1.29 is 29.1 Å². The summed E-state index contributed by atoms with van der Waals surface area (Å²) < 4.78 is 0. The molecule has 0 spiro atoms. The second-order valence-corrected chi connectivity index (χ2v) is 8.95. The van der Waals surface area contributed by atoms with Crippen molar-refractivity contribution in [3.8, 4) is 0 Å². The number of carbonyl (C=O) groups excluding carboxylic acids is 3. The molecule has 1 N–H and O–H groups in total. The fraction of sp³-hybridized carbons (Fsp3) is 0.840. The lowest BCUT2D eigenvalue weighted by Gasteiger charge is -2.12. The summed E-state index contributed by atoms with van der Waals surface area (Å²) in [6.45, 7) is 0. The van der Waals surface area contributed by atoms with Crippen molar-refractivity contribution in [2.24, 2.45) is 0 Å². The molecule has 1 aliphatic heterocycles. The summed E-state index contributed by atoms with van der Waals surface area (Å²) in [4.78, 5) is 49.8. The number of nitrogens with zero attached hydrogens (tertiary/aromatic N) is 1. The molecule has 7 heteroatoms. The third-order valence-corrected chi connectivity index (χ3v) is 5.97. The highest BCUT2D eigenvalue weighted by Crippen LogP contribution is 2.16. The maximum absolute atomic E-state index is 11.7. The van der Waals surface area contributed by atoms with Gasteiger partial charge in [0, 0.05) is 25.7 Å². The minimum absolute atomic E-state index is 0.130. The molecule has 1 aliphatic rings. The number of hydroxylamine groups is 2. The van der Waals surface area contributed by atoms with Crippen LogP contribution in [0, 0.1) is 0 Å². The third-order valence-electron chi connectivity index (χ3n) is 5.97. The highest BCUT2D eigenvalue weighted by atomic mass is 16.7. The van der Waals surface area contributed by atoms with E-state index in [1.165, 1.54) is 70.6 Å². The summed E-state index contributed by atoms with van der Waals surface area (Å²) in [6.07, 6.45) is 20.7. The van der Waals surface area contributed by atoms with Crippen molar-refractivity contribution >= 4 is 23.8 Å². The Morgan fingerprint density at radius 3 is 1.25 bits per heavy atom. The fourth-order valence-corrected chi connectivity index (χ4v) is 4.00. The van der Waals surface area contributed by atoms with Crippen LogP contribution >= 0.6 is 0 Å². The molecular formula is C25H43NO6. The van der Waals surface area contributed by atoms with E-state index in [4.69, 9.17) is 9.94 Å². The Labute approximate surface area is 193 Å². The van der Waals surface area contributed by atoms with Gasteiger partial charge in [0.05, 0.1) is 0 Å². The average Bonchev–Trinajstić information content (AvgIpc) is 3.07. The maximum atomic E-state index is 11.7. The van der Waals surface area contributed by atoms with Gasteiger partial charge in [0.1, 0.15) is 0 Å². The Morgan fingerprint density at radius 1 is 0.594 bits per heavy atom. The van der Waals surface area contributed by atoms with Crippen molar-refractivity contribution in [1.29, 1.82) is 0 Å². The van der Waals surface area contributed by atoms with Crippen molar-refractivity contribution in [1.82, 2.24) is 5.06 Å². The zero-order chi connectivity index (χ0) is 23.4. The quantitative estimate of drug-likeness (QED) is 0.167. The minimum atomic E-state index is -0.683. The molecule has 0 bridgehead atoms. The molecule has 1 fully saturated rings. The predicted octanol–water partition coefficient (Wildman–Crippen LogP) is 6.09. The van der Waals surface area contributed by atoms with Crippen LogP contribution in [0.4, 0.5) is 0 Å². The van der Waals surface area contributed by atoms with Crippen LogP contribution in [0.2, 0.25) is 0 Å². The Hall–Kier alpha value is -1.92. The first-order chi connectivity index (χ1) is 15.5. The summed E-state index contributed by atoms with van der Waals surface area (Å²) >= 11 is 0. The first-order valence-electron chi connectivity index (χ1n) is 12.8. The molecular weight excluding hydrogens is 410 g/mol. The smallest absolute Gasteiger partial charge is 0.333 e. The van der Waals surface area contributed by atoms with E-state index >= 15 is 0 Å². The summed E-state index contributed by atoms with van der Waals surface area (Å²) in [5.41, 5.74) is 0. The minimum Gasteiger partial charge on any atom is -0.481 e. The number of rotatable bonds is 21. The standard InChI is InChI=1S/C25H43NO6/c27-22-20-21-23(28)26(22)32-25(31)19-17-15-13-11-9-7-5-3-1-2-4-6-8-10-12-14-16-18-24(29)30/h1-21H2,(H,29,30). The van der Waals surface area contributed by atoms with Crippen molar-refractivity contribution in [3.05, 3.63) is 0 Å². The van der Waals surface area contributed by atoms with Gasteiger partial charge in [0.25, 0.3) is 11.8 Å². The van der Waals surface area contributed by atoms with Crippen LogP contribution < -0.4 is 0 Å². The molecule has 0 aromatic heterocycles. The second-order valence-electron chi connectivity index (χ2n) is 8.95. The molecule has 7 nitrogen and oxygen atoms in total. The van der Waals surface area contributed by atoms with Crippen molar-refractivity contribution in [3.63, 3.8) is 0 Å². The van der Waals surface area contributed by atoms with E-state index in [-0.39, 0.29) is 19.3 Å². The Kier molecular flexibility index (Phi) is 16.4. The third kappa shape index (κ3) is 15.0. The molecule has 0 atom stereocenters. The number of unbranched alkanes of at least 4 members (excludes halogenated alkanes) is 16. The van der Waals surface area contributed by atoms with E-state index in [2.05, 4.69) is 0 Å². The van der Waals surface area contributed by atoms with Gasteiger partial charge in [-0.05, 0) is 12.8 Å². The number of amides is 2. The van der Waals surface area contributed by atoms with E-state index in [0.717, 1.165) is 38.5 Å². The Bertz CT molecular complexity index is 547. The SMILES string of the molecule is O=C(O)CCCCCCCCCCCCCCCCCCCC(=O)ON1C(=O)CCC1=O. The van der Waals surface area contributed by atoms with E-state index < -0.39 is 23.8 Å². The van der Waals surface area contributed by atoms with E-state index in [9.17, 15) is 19.2 Å². The van der Waals surface area contributed by atoms with Crippen molar-refractivity contribution in [2.45, 2.75) is 135 Å². The summed E-state index contributed by atoms with van der Waals surface area (Å²) in [5.74, 6) is -2.03. The van der Waals surface area contributed by atoms with Gasteiger partial charge >= 0.3 is 11.9 Å². The van der Waals surface area contributed by atoms with E-state index in [1.54, 1.807) is 0 Å². The Balaban J connectivity index is 1.75. The normalized spacial score (nSPS) is 13.7. The van der Waals surface area contributed by atoms with Crippen LogP contribution in [0.25, 0.3) is 0 Å². The lowest BCUT2D eigenvalue weighted by Crippen LogP contribution is -2.31. The molecule has 1 saturated heterocycles. The molecule has 184 valence electrons. The molecule has 2 amide bonds. The highest BCUT2D eigenvalue weighted by Gasteiger charge is 2.32. The molecule has 0 radical (unpaired) electrons. The van der Waals surface area contributed by atoms with Crippen LogP contribution in [0.5, 0.6) is 0 Å². The number of imide groups is 1. The van der Waals surface area contributed by atoms with Gasteiger partial charge in [0.2, 0.25) is 0 Å². The molecule has 0 aliphatic carbocycles. The predicted molar refractivity (Wildman–Crippen MR) is 123 cm³/mol. The van der Waals surface area contributed by atoms with Gasteiger partial charge in [-0.3, -0.25) is 14.4 Å². The average molecular weight is 454 g/mol. The number of carbonyl (C=O) groups is 4. The molecule has 0 unspecified atom stereocenters. The molecule has 32 heavy (non-hydrogen) atoms. The zero-order valence-electron chi connectivity index (χ0n) is 19.8. The van der Waals surface area contributed by atoms with Crippen LogP contribution in [0.3, 0.4) is 0 Å². The van der Waals surface area contributed by atoms with Crippen LogP contribution in [0.1, 0.15) is 135 Å². The number of carboxylic acid groups (broad SMARTS) is 1. The van der Waals surface area contributed by atoms with Crippen LogP contribution in [-0.2, 0) is 24.0 Å². The van der Waals surface area contributed by atoms with Gasteiger partial charge in [0.15, 0.2) is 0 Å². The largest absolute Gasteiger partial charge is 0.481 e. The molecule has 1 heterocycles. The first kappa shape index (κ1) is 28.1. The maximum Gasteiger partial charge on any atom is 0.333 e. The second kappa shape index (κ2) is 18.6. The molecule has 0 aromatic carbocycles. The van der Waals surface area contributed by atoms with Crippen LogP contribution in [0.15, 0.2) is 0 Å². The first-order valence-corrected chi connectivity index (χ1v) is 12.8. The highest BCUT2D eigenvalue weighted by molar-refractivity contribution is 6.01. The lowest BCUT2D eigenvalue weighted by molar-refractivity contribution is -0.197.